The molecule has 1 saturated heterocycles. The van der Waals surface area contributed by atoms with Crippen LogP contribution in [0.5, 0.6) is 0 Å². The summed E-state index contributed by atoms with van der Waals surface area (Å²) in [5.74, 6) is 0.912. The fourth-order valence-electron chi connectivity index (χ4n) is 0.408. The number of hydrogen-bond acceptors (Lipinski definition) is 3. The van der Waals surface area contributed by atoms with Gasteiger partial charge in [-0.1, -0.05) is 11.8 Å². The van der Waals surface area contributed by atoms with Crippen molar-refractivity contribution < 1.29 is 4.79 Å². The fourth-order valence-corrected chi connectivity index (χ4v) is 0.995. The second-order valence-corrected chi connectivity index (χ2v) is 2.37. The quantitative estimate of drug-likeness (QED) is 0.483. The van der Waals surface area contributed by atoms with E-state index >= 15 is 0 Å². The van der Waals surface area contributed by atoms with Crippen molar-refractivity contribution in [3.8, 4) is 0 Å². The molecule has 0 amide bonds. The van der Waals surface area contributed by atoms with Crippen molar-refractivity contribution in [3.05, 3.63) is 6.54 Å². The number of carbonyl (C=O) groups excluding carboxylic acids is 1. The van der Waals surface area contributed by atoms with Crippen LogP contribution >= 0.6 is 11.8 Å². The second kappa shape index (κ2) is 2.33. The Morgan fingerprint density at radius 3 is 3.00 bits per heavy atom. The van der Waals surface area contributed by atoms with Crippen LogP contribution in [-0.2, 0) is 4.79 Å². The van der Waals surface area contributed by atoms with Crippen molar-refractivity contribution in [2.24, 2.45) is 0 Å². The molecule has 1 aliphatic rings. The summed E-state index contributed by atoms with van der Waals surface area (Å²) in [6.45, 7) is 2.44. The summed E-state index contributed by atoms with van der Waals surface area (Å²) in [5.41, 5.74) is 0. The van der Waals surface area contributed by atoms with E-state index in [9.17, 15) is 4.79 Å². The molecule has 1 aliphatic heterocycles. The van der Waals surface area contributed by atoms with Gasteiger partial charge in [-0.25, -0.2) is 0 Å². The molecule has 0 atom stereocenters. The predicted octanol–water partition coefficient (Wildman–Crippen LogP) is 0.0112. The highest BCUT2D eigenvalue weighted by atomic mass is 32.2. The molecule has 0 spiro atoms. The van der Waals surface area contributed by atoms with E-state index in [0.29, 0.717) is 0 Å². The fraction of sp³-hybridized carbons (Fsp3) is 0.500. The van der Waals surface area contributed by atoms with Gasteiger partial charge in [-0.05, 0) is 0 Å². The third-order valence-corrected chi connectivity index (χ3v) is 1.52. The first-order valence-corrected chi connectivity index (χ1v) is 3.11. The van der Waals surface area contributed by atoms with Gasteiger partial charge in [0.25, 0.3) is 0 Å². The predicted molar refractivity (Wildman–Crippen MR) is 29.8 cm³/mol. The van der Waals surface area contributed by atoms with E-state index in [1.807, 2.05) is 0 Å². The van der Waals surface area contributed by atoms with Gasteiger partial charge in [0.05, 0.1) is 0 Å². The van der Waals surface area contributed by atoms with Crippen LogP contribution in [-0.4, -0.2) is 17.4 Å². The van der Waals surface area contributed by atoms with Crippen LogP contribution in [0.15, 0.2) is 0 Å². The van der Waals surface area contributed by atoms with Crippen LogP contribution in [0.2, 0.25) is 0 Å². The van der Waals surface area contributed by atoms with Crippen molar-refractivity contribution in [3.63, 3.8) is 0 Å². The molecular formula is C4H6NOS. The molecule has 0 aromatic carbocycles. The molecule has 0 aromatic heterocycles. The molecule has 1 radical (unpaired) electrons. The van der Waals surface area contributed by atoms with Crippen LogP contribution in [0.3, 0.4) is 0 Å². The largest absolute Gasteiger partial charge is 0.304 e. The summed E-state index contributed by atoms with van der Waals surface area (Å²) in [4.78, 5) is 10.3. The van der Waals surface area contributed by atoms with Crippen LogP contribution in [0, 0.1) is 6.54 Å². The maximum absolute atomic E-state index is 10.3. The van der Waals surface area contributed by atoms with Crippen LogP contribution in [0.4, 0.5) is 0 Å². The summed E-state index contributed by atoms with van der Waals surface area (Å²) in [6, 6.07) is 0. The summed E-state index contributed by atoms with van der Waals surface area (Å²) in [6.07, 6.45) is 0. The standard InChI is InChI=1S/C4H6NOS/c6-4-3-5-1-2-7-4/h3,5H,1-2H2. The highest BCUT2D eigenvalue weighted by Crippen LogP contribution is 2.05. The van der Waals surface area contributed by atoms with Crippen LogP contribution in [0.25, 0.3) is 0 Å². The van der Waals surface area contributed by atoms with Crippen LogP contribution in [0.1, 0.15) is 0 Å². The monoisotopic (exact) mass is 116 g/mol. The van der Waals surface area contributed by atoms with E-state index < -0.39 is 0 Å². The van der Waals surface area contributed by atoms with Gasteiger partial charge >= 0.3 is 0 Å². The topological polar surface area (TPSA) is 29.1 Å². The van der Waals surface area contributed by atoms with Crippen LogP contribution < -0.4 is 5.32 Å². The molecule has 0 aromatic rings. The summed E-state index contributed by atoms with van der Waals surface area (Å²) < 4.78 is 0. The van der Waals surface area contributed by atoms with Gasteiger partial charge in [0.15, 0.2) is 0 Å². The minimum absolute atomic E-state index is 0.145. The van der Waals surface area contributed by atoms with Gasteiger partial charge < -0.3 is 5.32 Å². The number of thioether (sulfide) groups is 1. The summed E-state index contributed by atoms with van der Waals surface area (Å²) >= 11 is 1.36. The second-order valence-electron chi connectivity index (χ2n) is 1.27. The van der Waals surface area contributed by atoms with Gasteiger partial charge in [-0.2, -0.15) is 0 Å². The number of nitrogens with one attached hydrogen (secondary N) is 1. The Balaban J connectivity index is 2.25. The molecule has 2 nitrogen and oxygen atoms in total. The third kappa shape index (κ3) is 1.49. The van der Waals surface area contributed by atoms with E-state index in [1.54, 1.807) is 0 Å². The molecule has 1 heterocycles. The summed E-state index contributed by atoms with van der Waals surface area (Å²) in [5, 5.41) is 2.98. The van der Waals surface area contributed by atoms with Crippen molar-refractivity contribution >= 4 is 16.9 Å². The van der Waals surface area contributed by atoms with E-state index in [1.165, 1.54) is 18.3 Å². The van der Waals surface area contributed by atoms with Crippen molar-refractivity contribution in [2.45, 2.75) is 0 Å². The SMILES string of the molecule is O=C1[CH]NCCS1. The summed E-state index contributed by atoms with van der Waals surface area (Å²) in [7, 11) is 0. The maximum Gasteiger partial charge on any atom is 0.208 e. The van der Waals surface area contributed by atoms with Gasteiger partial charge in [-0.15, -0.1) is 0 Å². The molecule has 0 aliphatic carbocycles. The highest BCUT2D eigenvalue weighted by Gasteiger charge is 2.06. The smallest absolute Gasteiger partial charge is 0.208 e. The van der Waals surface area contributed by atoms with E-state index in [-0.39, 0.29) is 5.12 Å². The minimum Gasteiger partial charge on any atom is -0.304 e. The normalized spacial score (nSPS) is 22.6. The first-order valence-electron chi connectivity index (χ1n) is 2.13. The lowest BCUT2D eigenvalue weighted by Gasteiger charge is -2.06. The van der Waals surface area contributed by atoms with E-state index in [0.717, 1.165) is 12.3 Å². The van der Waals surface area contributed by atoms with Crippen molar-refractivity contribution in [1.29, 1.82) is 0 Å². The van der Waals surface area contributed by atoms with E-state index in [4.69, 9.17) is 0 Å². The Bertz CT molecular complexity index is 75.8. The number of carbonyl (C=O) groups is 1. The minimum atomic E-state index is 0.145. The van der Waals surface area contributed by atoms with Crippen molar-refractivity contribution in [2.75, 3.05) is 12.3 Å². The molecule has 1 rings (SSSR count). The Kier molecular flexibility index (Phi) is 1.70. The zero-order valence-corrected chi connectivity index (χ0v) is 4.62. The molecule has 1 fully saturated rings. The lowest BCUT2D eigenvalue weighted by atomic mass is 10.6. The molecular weight excluding hydrogens is 110 g/mol. The first kappa shape index (κ1) is 5.12. The van der Waals surface area contributed by atoms with Gasteiger partial charge in [0.2, 0.25) is 5.12 Å². The van der Waals surface area contributed by atoms with E-state index in [2.05, 4.69) is 5.32 Å². The maximum atomic E-state index is 10.3. The average Bonchev–Trinajstić information content (AvgIpc) is 1.69. The van der Waals surface area contributed by atoms with Gasteiger partial charge in [-0.3, -0.25) is 4.79 Å². The zero-order valence-electron chi connectivity index (χ0n) is 3.81. The average molecular weight is 116 g/mol. The molecule has 0 saturated carbocycles. The zero-order chi connectivity index (χ0) is 5.11. The first-order chi connectivity index (χ1) is 3.39. The Hall–Kier alpha value is -0.0200. The molecule has 1 N–H and O–H groups in total. The Labute approximate surface area is 46.7 Å². The molecule has 3 heteroatoms. The lowest BCUT2D eigenvalue weighted by Crippen LogP contribution is -2.23. The molecule has 39 valence electrons. The van der Waals surface area contributed by atoms with Crippen molar-refractivity contribution in [1.82, 2.24) is 5.32 Å². The highest BCUT2D eigenvalue weighted by molar-refractivity contribution is 8.14. The van der Waals surface area contributed by atoms with Gasteiger partial charge in [0, 0.05) is 12.3 Å². The lowest BCUT2D eigenvalue weighted by molar-refractivity contribution is -0.108. The third-order valence-electron chi connectivity index (χ3n) is 0.711. The van der Waals surface area contributed by atoms with Gasteiger partial charge in [0.1, 0.15) is 6.54 Å². The Morgan fingerprint density at radius 2 is 2.71 bits per heavy atom. The number of hydrogen-bond donors (Lipinski definition) is 1. The number of rotatable bonds is 0. The molecule has 0 unspecified atom stereocenters. The molecule has 7 heavy (non-hydrogen) atoms. The Morgan fingerprint density at radius 1 is 1.86 bits per heavy atom. The molecule has 0 bridgehead atoms.